The first kappa shape index (κ1) is 25.1. The zero-order valence-electron chi connectivity index (χ0n) is 17.8. The standard InChI is InChI=1S/C22H15Cl3N4O5S/c1-12-21(22(30)29(28-12)18-11-14(35(31,32)33)7-8-15(18)24)27-26-17-10-13(23)6-9-20(17)34-19-5-3-2-4-16(19)25/h2-11,21H,1H3,(H,31,32,33). The molecule has 180 valence electrons. The molecule has 1 heterocycles. The molecule has 1 N–H and O–H groups in total. The van der Waals surface area contributed by atoms with Crippen molar-refractivity contribution in [2.24, 2.45) is 15.3 Å². The molecular weight excluding hydrogens is 539 g/mol. The third-order valence-electron chi connectivity index (χ3n) is 4.80. The van der Waals surface area contributed by atoms with Gasteiger partial charge in [-0.25, -0.2) is 0 Å². The number of hydrogen-bond acceptors (Lipinski definition) is 7. The van der Waals surface area contributed by atoms with E-state index in [2.05, 4.69) is 15.3 Å². The van der Waals surface area contributed by atoms with Crippen LogP contribution in [0, 0.1) is 0 Å². The van der Waals surface area contributed by atoms with Gasteiger partial charge in [-0.05, 0) is 55.5 Å². The summed E-state index contributed by atoms with van der Waals surface area (Å²) in [6.07, 6.45) is 0. The number of ether oxygens (including phenoxy) is 1. The summed E-state index contributed by atoms with van der Waals surface area (Å²) in [6.45, 7) is 1.56. The van der Waals surface area contributed by atoms with E-state index >= 15 is 0 Å². The molecule has 3 aromatic carbocycles. The molecule has 1 atom stereocenters. The zero-order valence-corrected chi connectivity index (χ0v) is 20.8. The molecule has 3 aromatic rings. The number of rotatable bonds is 6. The topological polar surface area (TPSA) is 121 Å². The van der Waals surface area contributed by atoms with Crippen LogP contribution in [-0.2, 0) is 14.9 Å². The Labute approximate surface area is 215 Å². The lowest BCUT2D eigenvalue weighted by Crippen LogP contribution is -2.30. The number of nitrogens with zero attached hydrogens (tertiary/aromatic N) is 4. The molecule has 35 heavy (non-hydrogen) atoms. The van der Waals surface area contributed by atoms with Gasteiger partial charge in [0.2, 0.25) is 0 Å². The van der Waals surface area contributed by atoms with Crippen LogP contribution in [0.25, 0.3) is 0 Å². The number of anilines is 1. The van der Waals surface area contributed by atoms with Gasteiger partial charge in [-0.15, -0.1) is 0 Å². The van der Waals surface area contributed by atoms with Crippen molar-refractivity contribution in [2.45, 2.75) is 17.9 Å². The number of hydrogen-bond donors (Lipinski definition) is 1. The summed E-state index contributed by atoms with van der Waals surface area (Å²) in [7, 11) is -4.52. The molecule has 0 fully saturated rings. The minimum atomic E-state index is -4.52. The lowest BCUT2D eigenvalue weighted by Gasteiger charge is -2.15. The summed E-state index contributed by atoms with van der Waals surface area (Å²) < 4.78 is 38.2. The molecule has 0 spiro atoms. The molecule has 9 nitrogen and oxygen atoms in total. The Morgan fingerprint density at radius 2 is 1.74 bits per heavy atom. The maximum atomic E-state index is 13.1. The lowest BCUT2D eigenvalue weighted by atomic mass is 10.2. The van der Waals surface area contributed by atoms with Crippen LogP contribution in [0.1, 0.15) is 6.92 Å². The van der Waals surface area contributed by atoms with E-state index in [1.807, 2.05) is 0 Å². The fraction of sp³-hybridized carbons (Fsp3) is 0.0909. The quantitative estimate of drug-likeness (QED) is 0.274. The molecule has 0 saturated carbocycles. The Bertz CT molecular complexity index is 1490. The monoisotopic (exact) mass is 552 g/mol. The largest absolute Gasteiger partial charge is 0.453 e. The first-order chi connectivity index (χ1) is 16.5. The molecular formula is C22H15Cl3N4O5S. The van der Waals surface area contributed by atoms with Gasteiger partial charge in [-0.3, -0.25) is 9.35 Å². The number of benzene rings is 3. The smallest absolute Gasteiger partial charge is 0.294 e. The first-order valence-corrected chi connectivity index (χ1v) is 12.4. The molecule has 1 unspecified atom stereocenters. The van der Waals surface area contributed by atoms with Crippen molar-refractivity contribution >= 4 is 67.9 Å². The van der Waals surface area contributed by atoms with Gasteiger partial charge < -0.3 is 4.74 Å². The molecule has 13 heteroatoms. The van der Waals surface area contributed by atoms with Gasteiger partial charge in [-0.1, -0.05) is 46.9 Å². The van der Waals surface area contributed by atoms with Crippen molar-refractivity contribution < 1.29 is 22.5 Å². The van der Waals surface area contributed by atoms with E-state index in [0.29, 0.717) is 21.5 Å². The molecule has 1 aliphatic rings. The van der Waals surface area contributed by atoms with E-state index in [0.717, 1.165) is 17.1 Å². The Hall–Kier alpha value is -3.02. The third-order valence-corrected chi connectivity index (χ3v) is 6.51. The molecule has 1 aliphatic heterocycles. The van der Waals surface area contributed by atoms with Crippen LogP contribution in [0.2, 0.25) is 15.1 Å². The number of hydrazone groups is 1. The fourth-order valence-corrected chi connectivity index (χ4v) is 4.14. The van der Waals surface area contributed by atoms with Gasteiger partial charge in [0.1, 0.15) is 11.4 Å². The number of halogens is 3. The van der Waals surface area contributed by atoms with Crippen LogP contribution < -0.4 is 9.75 Å². The summed E-state index contributed by atoms with van der Waals surface area (Å²) in [5.41, 5.74) is 0.486. The van der Waals surface area contributed by atoms with E-state index < -0.39 is 27.0 Å². The lowest BCUT2D eigenvalue weighted by molar-refractivity contribution is -0.117. The van der Waals surface area contributed by atoms with Crippen molar-refractivity contribution in [1.29, 1.82) is 0 Å². The zero-order chi connectivity index (χ0) is 25.3. The summed E-state index contributed by atoms with van der Waals surface area (Å²) in [4.78, 5) is 12.6. The van der Waals surface area contributed by atoms with Gasteiger partial charge in [0.15, 0.2) is 11.8 Å². The third kappa shape index (κ3) is 5.47. The molecule has 0 aliphatic carbocycles. The first-order valence-electron chi connectivity index (χ1n) is 9.83. The van der Waals surface area contributed by atoms with Gasteiger partial charge in [0.25, 0.3) is 16.0 Å². The number of carbonyl (C=O) groups excluding carboxylic acids is 1. The summed E-state index contributed by atoms with van der Waals surface area (Å²) in [5.74, 6) is 0.0606. The van der Waals surface area contributed by atoms with Crippen LogP contribution in [0.5, 0.6) is 11.5 Å². The molecule has 1 amide bonds. The van der Waals surface area contributed by atoms with Crippen molar-refractivity contribution in [1.82, 2.24) is 0 Å². The van der Waals surface area contributed by atoms with E-state index in [-0.39, 0.29) is 22.1 Å². The van der Waals surface area contributed by atoms with Gasteiger partial charge >= 0.3 is 0 Å². The van der Waals surface area contributed by atoms with Crippen molar-refractivity contribution in [2.75, 3.05) is 5.01 Å². The Morgan fingerprint density at radius 3 is 2.46 bits per heavy atom. The fourth-order valence-electron chi connectivity index (χ4n) is 3.10. The van der Waals surface area contributed by atoms with Crippen LogP contribution in [-0.4, -0.2) is 30.6 Å². The average molecular weight is 554 g/mol. The van der Waals surface area contributed by atoms with Crippen molar-refractivity contribution in [3.05, 3.63) is 75.7 Å². The normalized spacial score (nSPS) is 16.1. The second kappa shape index (κ2) is 9.92. The number of azo groups is 1. The highest BCUT2D eigenvalue weighted by molar-refractivity contribution is 7.85. The maximum Gasteiger partial charge on any atom is 0.294 e. The predicted molar refractivity (Wildman–Crippen MR) is 133 cm³/mol. The Balaban J connectivity index is 1.63. The SMILES string of the molecule is CC1=NN(c2cc(S(=O)(=O)O)ccc2Cl)C(=O)C1N=Nc1cc(Cl)ccc1Oc1ccccc1Cl. The summed E-state index contributed by atoms with van der Waals surface area (Å²) in [5, 5.41) is 14.1. The van der Waals surface area contributed by atoms with Crippen molar-refractivity contribution in [3.8, 4) is 11.5 Å². The van der Waals surface area contributed by atoms with Crippen LogP contribution >= 0.6 is 34.8 Å². The molecule has 0 bridgehead atoms. The maximum absolute atomic E-state index is 13.1. The van der Waals surface area contributed by atoms with Crippen LogP contribution in [0.4, 0.5) is 11.4 Å². The summed E-state index contributed by atoms with van der Waals surface area (Å²) in [6, 6.07) is 13.8. The van der Waals surface area contributed by atoms with Crippen LogP contribution in [0.15, 0.2) is 80.9 Å². The number of para-hydroxylation sites is 1. The number of amides is 1. The average Bonchev–Trinajstić information content (AvgIpc) is 3.08. The highest BCUT2D eigenvalue weighted by Crippen LogP contribution is 2.38. The van der Waals surface area contributed by atoms with Gasteiger partial charge in [0, 0.05) is 5.02 Å². The van der Waals surface area contributed by atoms with Crippen molar-refractivity contribution in [3.63, 3.8) is 0 Å². The van der Waals surface area contributed by atoms with E-state index in [4.69, 9.17) is 39.5 Å². The minimum Gasteiger partial charge on any atom is -0.453 e. The molecule has 0 aromatic heterocycles. The van der Waals surface area contributed by atoms with E-state index in [9.17, 15) is 17.8 Å². The predicted octanol–water partition coefficient (Wildman–Crippen LogP) is 6.56. The summed E-state index contributed by atoms with van der Waals surface area (Å²) >= 11 is 18.4. The molecule has 0 radical (unpaired) electrons. The Kier molecular flexibility index (Phi) is 7.11. The molecule has 0 saturated heterocycles. The second-order valence-corrected chi connectivity index (χ2v) is 9.91. The molecule has 4 rings (SSSR count). The van der Waals surface area contributed by atoms with E-state index in [1.54, 1.807) is 43.3 Å². The second-order valence-electron chi connectivity index (χ2n) is 7.24. The minimum absolute atomic E-state index is 0.0330. The highest BCUT2D eigenvalue weighted by atomic mass is 35.5. The number of carbonyl (C=O) groups is 1. The van der Waals surface area contributed by atoms with Crippen LogP contribution in [0.3, 0.4) is 0 Å². The Morgan fingerprint density at radius 1 is 1.00 bits per heavy atom. The highest BCUT2D eigenvalue weighted by Gasteiger charge is 2.36. The van der Waals surface area contributed by atoms with E-state index in [1.165, 1.54) is 12.1 Å². The van der Waals surface area contributed by atoms with Gasteiger partial charge in [-0.2, -0.15) is 28.8 Å². The van der Waals surface area contributed by atoms with Gasteiger partial charge in [0.05, 0.1) is 26.3 Å².